The first kappa shape index (κ1) is 18.9. The molecular weight excluding hydrogens is 256 g/mol. The van der Waals surface area contributed by atoms with Crippen molar-refractivity contribution in [3.05, 3.63) is 0 Å². The lowest BCUT2D eigenvalue weighted by atomic mass is 10.1. The Morgan fingerprint density at radius 3 is 1.90 bits per heavy atom. The zero-order valence-corrected chi connectivity index (χ0v) is 13.0. The lowest BCUT2D eigenvalue weighted by Gasteiger charge is -2.12. The molecule has 0 spiro atoms. The molecule has 0 rings (SSSR count). The maximum absolute atomic E-state index is 11.5. The van der Waals surface area contributed by atoms with Gasteiger partial charge in [0.25, 0.3) is 0 Å². The fraction of sp³-hybridized carbons (Fsp3) is 0.875. The highest BCUT2D eigenvalue weighted by Gasteiger charge is 2.08. The lowest BCUT2D eigenvalue weighted by Crippen LogP contribution is -2.12. The zero-order chi connectivity index (χ0) is 15.2. The van der Waals surface area contributed by atoms with Crippen molar-refractivity contribution in [2.75, 3.05) is 6.61 Å². The molecule has 0 unspecified atom stereocenters. The number of hydrogen-bond acceptors (Lipinski definition) is 3. The fourth-order valence-electron chi connectivity index (χ4n) is 2.06. The minimum atomic E-state index is -0.717. The Balaban J connectivity index is 3.33. The van der Waals surface area contributed by atoms with Crippen molar-refractivity contribution in [2.45, 2.75) is 78.1 Å². The van der Waals surface area contributed by atoms with Crippen LogP contribution in [0.25, 0.3) is 0 Å². The Morgan fingerprint density at radius 1 is 0.900 bits per heavy atom. The van der Waals surface area contributed by atoms with E-state index in [4.69, 9.17) is 9.84 Å². The normalized spacial score (nSPS) is 10.8. The van der Waals surface area contributed by atoms with Crippen LogP contribution >= 0.6 is 0 Å². The number of hydrogen-bond donors (Lipinski definition) is 1. The molecule has 0 saturated carbocycles. The second-order valence-electron chi connectivity index (χ2n) is 5.38. The lowest BCUT2D eigenvalue weighted by molar-refractivity contribution is -0.145. The Kier molecular flexibility index (Phi) is 12.3. The minimum Gasteiger partial charge on any atom is -0.481 e. The van der Waals surface area contributed by atoms with Gasteiger partial charge >= 0.3 is 11.9 Å². The molecule has 0 aromatic carbocycles. The molecule has 1 N–H and O–H groups in total. The number of carboxylic acid groups (broad SMARTS) is 1. The molecule has 0 bridgehead atoms. The number of esters is 1. The standard InChI is InChI=1S/C16H30O4/c1-3-14(4-2)13-20-16(19)12-10-8-6-5-7-9-11-15(17)18/h14H,3-13H2,1-2H3,(H,17,18). The summed E-state index contributed by atoms with van der Waals surface area (Å²) in [4.78, 5) is 21.8. The Morgan fingerprint density at radius 2 is 1.40 bits per heavy atom. The molecule has 0 radical (unpaired) electrons. The fourth-order valence-corrected chi connectivity index (χ4v) is 2.06. The highest BCUT2D eigenvalue weighted by atomic mass is 16.5. The van der Waals surface area contributed by atoms with Crippen LogP contribution in [0.1, 0.15) is 78.1 Å². The minimum absolute atomic E-state index is 0.0808. The number of carbonyl (C=O) groups excluding carboxylic acids is 1. The number of aliphatic carboxylic acids is 1. The summed E-state index contributed by atoms with van der Waals surface area (Å²) < 4.78 is 5.25. The maximum Gasteiger partial charge on any atom is 0.305 e. The van der Waals surface area contributed by atoms with Gasteiger partial charge in [-0.3, -0.25) is 9.59 Å². The van der Waals surface area contributed by atoms with Crippen LogP contribution in [0.5, 0.6) is 0 Å². The van der Waals surface area contributed by atoms with Crippen molar-refractivity contribution in [3.8, 4) is 0 Å². The van der Waals surface area contributed by atoms with Crippen molar-refractivity contribution >= 4 is 11.9 Å². The van der Waals surface area contributed by atoms with E-state index >= 15 is 0 Å². The summed E-state index contributed by atoms with van der Waals surface area (Å²) in [5, 5.41) is 8.49. The van der Waals surface area contributed by atoms with Gasteiger partial charge in [0.1, 0.15) is 0 Å². The molecule has 0 aromatic heterocycles. The second kappa shape index (κ2) is 12.9. The number of rotatable bonds is 13. The van der Waals surface area contributed by atoms with Gasteiger partial charge in [-0.05, 0) is 18.8 Å². The van der Waals surface area contributed by atoms with E-state index in [2.05, 4.69) is 13.8 Å². The van der Waals surface area contributed by atoms with Crippen LogP contribution < -0.4 is 0 Å². The summed E-state index contributed by atoms with van der Waals surface area (Å²) in [6.45, 7) is 4.79. The van der Waals surface area contributed by atoms with Crippen molar-refractivity contribution in [2.24, 2.45) is 5.92 Å². The molecule has 4 heteroatoms. The molecule has 118 valence electrons. The van der Waals surface area contributed by atoms with E-state index in [0.29, 0.717) is 18.9 Å². The molecule has 20 heavy (non-hydrogen) atoms. The third-order valence-corrected chi connectivity index (χ3v) is 3.66. The summed E-state index contributed by atoms with van der Waals surface area (Å²) >= 11 is 0. The monoisotopic (exact) mass is 286 g/mol. The van der Waals surface area contributed by atoms with Gasteiger partial charge in [-0.15, -0.1) is 0 Å². The van der Waals surface area contributed by atoms with E-state index < -0.39 is 5.97 Å². The van der Waals surface area contributed by atoms with Gasteiger partial charge in [-0.1, -0.05) is 52.4 Å². The topological polar surface area (TPSA) is 63.6 Å². The van der Waals surface area contributed by atoms with Gasteiger partial charge in [0.2, 0.25) is 0 Å². The predicted molar refractivity (Wildman–Crippen MR) is 79.6 cm³/mol. The summed E-state index contributed by atoms with van der Waals surface area (Å²) in [7, 11) is 0. The predicted octanol–water partition coefficient (Wildman–Crippen LogP) is 4.17. The third-order valence-electron chi connectivity index (χ3n) is 3.66. The van der Waals surface area contributed by atoms with Gasteiger partial charge in [0.05, 0.1) is 6.61 Å². The van der Waals surface area contributed by atoms with Crippen LogP contribution in [0, 0.1) is 5.92 Å². The second-order valence-corrected chi connectivity index (χ2v) is 5.38. The maximum atomic E-state index is 11.5. The Hall–Kier alpha value is -1.06. The molecule has 0 aliphatic heterocycles. The van der Waals surface area contributed by atoms with E-state index in [9.17, 15) is 9.59 Å². The van der Waals surface area contributed by atoms with Crippen LogP contribution in [0.3, 0.4) is 0 Å². The van der Waals surface area contributed by atoms with Crippen molar-refractivity contribution in [3.63, 3.8) is 0 Å². The number of carbonyl (C=O) groups is 2. The van der Waals surface area contributed by atoms with Gasteiger partial charge in [-0.25, -0.2) is 0 Å². The quantitative estimate of drug-likeness (QED) is 0.407. The highest BCUT2D eigenvalue weighted by Crippen LogP contribution is 2.11. The summed E-state index contributed by atoms with van der Waals surface area (Å²) in [5.41, 5.74) is 0. The van der Waals surface area contributed by atoms with Crippen LogP contribution in [-0.2, 0) is 14.3 Å². The van der Waals surface area contributed by atoms with Gasteiger partial charge < -0.3 is 9.84 Å². The first-order valence-corrected chi connectivity index (χ1v) is 7.97. The highest BCUT2D eigenvalue weighted by molar-refractivity contribution is 5.69. The average molecular weight is 286 g/mol. The largest absolute Gasteiger partial charge is 0.481 e. The van der Waals surface area contributed by atoms with Gasteiger partial charge in [-0.2, -0.15) is 0 Å². The average Bonchev–Trinajstić information content (AvgIpc) is 2.42. The summed E-state index contributed by atoms with van der Waals surface area (Å²) in [6, 6.07) is 0. The van der Waals surface area contributed by atoms with Crippen molar-refractivity contribution < 1.29 is 19.4 Å². The van der Waals surface area contributed by atoms with Crippen molar-refractivity contribution in [1.29, 1.82) is 0 Å². The molecule has 0 aliphatic carbocycles. The first-order valence-electron chi connectivity index (χ1n) is 7.97. The molecular formula is C16H30O4. The van der Waals surface area contributed by atoms with E-state index in [0.717, 1.165) is 51.4 Å². The molecule has 0 aliphatic rings. The number of ether oxygens (including phenoxy) is 1. The molecule has 0 fully saturated rings. The molecule has 0 heterocycles. The van der Waals surface area contributed by atoms with E-state index in [1.54, 1.807) is 0 Å². The van der Waals surface area contributed by atoms with Gasteiger partial charge in [0.15, 0.2) is 0 Å². The van der Waals surface area contributed by atoms with E-state index in [1.165, 1.54) is 0 Å². The Labute approximate surface area is 122 Å². The Bertz CT molecular complexity index is 259. The van der Waals surface area contributed by atoms with Crippen LogP contribution in [0.2, 0.25) is 0 Å². The summed E-state index contributed by atoms with van der Waals surface area (Å²) in [5.74, 6) is -0.304. The van der Waals surface area contributed by atoms with Crippen LogP contribution in [-0.4, -0.2) is 23.7 Å². The molecule has 0 amide bonds. The number of carboxylic acids is 1. The van der Waals surface area contributed by atoms with Gasteiger partial charge in [0, 0.05) is 12.8 Å². The molecule has 4 nitrogen and oxygen atoms in total. The SMILES string of the molecule is CCC(CC)COC(=O)CCCCCCCCC(=O)O. The molecule has 0 saturated heterocycles. The number of unbranched alkanes of at least 4 members (excludes halogenated alkanes) is 5. The van der Waals surface area contributed by atoms with E-state index in [1.807, 2.05) is 0 Å². The third kappa shape index (κ3) is 12.0. The van der Waals surface area contributed by atoms with E-state index in [-0.39, 0.29) is 12.4 Å². The zero-order valence-electron chi connectivity index (χ0n) is 13.0. The molecule has 0 atom stereocenters. The first-order chi connectivity index (χ1) is 9.60. The van der Waals surface area contributed by atoms with Crippen LogP contribution in [0.4, 0.5) is 0 Å². The van der Waals surface area contributed by atoms with Crippen molar-refractivity contribution in [1.82, 2.24) is 0 Å². The molecule has 0 aromatic rings. The smallest absolute Gasteiger partial charge is 0.305 e. The summed E-state index contributed by atoms with van der Waals surface area (Å²) in [6.07, 6.45) is 8.62. The van der Waals surface area contributed by atoms with Crippen LogP contribution in [0.15, 0.2) is 0 Å².